The van der Waals surface area contributed by atoms with Crippen molar-refractivity contribution in [2.75, 3.05) is 0 Å². The molecule has 0 aliphatic heterocycles. The van der Waals surface area contributed by atoms with Gasteiger partial charge >= 0.3 is 0 Å². The third-order valence-electron chi connectivity index (χ3n) is 7.38. The number of hydrogen-bond acceptors (Lipinski definition) is 1. The van der Waals surface area contributed by atoms with Gasteiger partial charge in [-0.05, 0) is 91.0 Å². The smallest absolute Gasteiger partial charge is 0.116 e. The molecule has 1 nitrogen and oxygen atoms in total. The summed E-state index contributed by atoms with van der Waals surface area (Å²) in [6.45, 7) is 0. The van der Waals surface area contributed by atoms with Gasteiger partial charge in [0.1, 0.15) is 5.75 Å². The molecule has 0 fully saturated rings. The van der Waals surface area contributed by atoms with Gasteiger partial charge in [0, 0.05) is 0 Å². The molecule has 1 aliphatic rings. The minimum atomic E-state index is 0.297. The number of phenolic OH excluding ortho intramolecular Hbond substituents is 1. The molecule has 0 radical (unpaired) electrons. The van der Waals surface area contributed by atoms with Crippen molar-refractivity contribution in [2.45, 2.75) is 6.42 Å². The van der Waals surface area contributed by atoms with Gasteiger partial charge in [0.15, 0.2) is 0 Å². The van der Waals surface area contributed by atoms with Crippen molar-refractivity contribution >= 4 is 10.8 Å². The number of hydrogen-bond donors (Lipinski definition) is 1. The van der Waals surface area contributed by atoms with E-state index in [0.29, 0.717) is 5.75 Å². The summed E-state index contributed by atoms with van der Waals surface area (Å²) in [6.07, 6.45) is 0.912. The molecule has 0 unspecified atom stereocenters. The maximum absolute atomic E-state index is 9.94. The summed E-state index contributed by atoms with van der Waals surface area (Å²) in [7, 11) is 0. The number of aromatic hydroxyl groups is 1. The summed E-state index contributed by atoms with van der Waals surface area (Å²) >= 11 is 0. The summed E-state index contributed by atoms with van der Waals surface area (Å²) in [6, 6.07) is 44.9. The summed E-state index contributed by atoms with van der Waals surface area (Å²) in [4.78, 5) is 0. The summed E-state index contributed by atoms with van der Waals surface area (Å²) in [5, 5.41) is 12.1. The predicted molar refractivity (Wildman–Crippen MR) is 150 cm³/mol. The van der Waals surface area contributed by atoms with E-state index in [1.54, 1.807) is 6.07 Å². The second-order valence-corrected chi connectivity index (χ2v) is 9.54. The molecular formula is C35H24O. The highest BCUT2D eigenvalue weighted by Crippen LogP contribution is 2.47. The lowest BCUT2D eigenvalue weighted by Crippen LogP contribution is -1.93. The maximum Gasteiger partial charge on any atom is 0.116 e. The van der Waals surface area contributed by atoms with Crippen LogP contribution >= 0.6 is 0 Å². The second kappa shape index (κ2) is 8.25. The molecule has 7 rings (SSSR count). The molecule has 0 saturated heterocycles. The Hall–Kier alpha value is -4.62. The molecule has 36 heavy (non-hydrogen) atoms. The Morgan fingerprint density at radius 2 is 1.08 bits per heavy atom. The van der Waals surface area contributed by atoms with E-state index < -0.39 is 0 Å². The second-order valence-electron chi connectivity index (χ2n) is 9.54. The van der Waals surface area contributed by atoms with Gasteiger partial charge in [0.25, 0.3) is 0 Å². The SMILES string of the molecule is Oc1ccc2cc(-c3c(-c4ccccc4)ccc4c3Cc3cc(-c5ccccc5)ccc3-4)ccc2c1. The quantitative estimate of drug-likeness (QED) is 0.279. The molecule has 0 aromatic heterocycles. The predicted octanol–water partition coefficient (Wildman–Crippen LogP) is 9.12. The van der Waals surface area contributed by atoms with Crippen molar-refractivity contribution < 1.29 is 5.11 Å². The first kappa shape index (κ1) is 20.7. The molecule has 6 aromatic carbocycles. The highest BCUT2D eigenvalue weighted by molar-refractivity contribution is 5.97. The van der Waals surface area contributed by atoms with Crippen LogP contribution in [0.25, 0.3) is 55.3 Å². The van der Waals surface area contributed by atoms with Crippen molar-refractivity contribution in [2.24, 2.45) is 0 Å². The highest BCUT2D eigenvalue weighted by Gasteiger charge is 2.25. The molecule has 0 saturated carbocycles. The van der Waals surface area contributed by atoms with Gasteiger partial charge in [-0.15, -0.1) is 0 Å². The lowest BCUT2D eigenvalue weighted by atomic mass is 9.87. The van der Waals surface area contributed by atoms with E-state index in [0.717, 1.165) is 17.2 Å². The van der Waals surface area contributed by atoms with Crippen molar-refractivity contribution in [3.05, 3.63) is 139 Å². The van der Waals surface area contributed by atoms with E-state index in [9.17, 15) is 5.11 Å². The Kier molecular flexibility index (Phi) is 4.75. The van der Waals surface area contributed by atoms with E-state index in [1.165, 1.54) is 55.6 Å². The maximum atomic E-state index is 9.94. The van der Waals surface area contributed by atoms with Gasteiger partial charge in [-0.25, -0.2) is 0 Å². The number of rotatable bonds is 3. The van der Waals surface area contributed by atoms with E-state index >= 15 is 0 Å². The monoisotopic (exact) mass is 460 g/mol. The fourth-order valence-electron chi connectivity index (χ4n) is 5.66. The average molecular weight is 461 g/mol. The molecule has 0 atom stereocenters. The van der Waals surface area contributed by atoms with Gasteiger partial charge in [0.05, 0.1) is 0 Å². The van der Waals surface area contributed by atoms with Gasteiger partial charge < -0.3 is 5.11 Å². The largest absolute Gasteiger partial charge is 0.508 e. The first-order chi connectivity index (χ1) is 17.7. The van der Waals surface area contributed by atoms with Gasteiger partial charge in [-0.2, -0.15) is 0 Å². The van der Waals surface area contributed by atoms with Crippen LogP contribution in [0.15, 0.2) is 127 Å². The fourth-order valence-corrected chi connectivity index (χ4v) is 5.66. The lowest BCUT2D eigenvalue weighted by Gasteiger charge is -2.16. The van der Waals surface area contributed by atoms with E-state index in [4.69, 9.17) is 0 Å². The summed E-state index contributed by atoms with van der Waals surface area (Å²) in [5.74, 6) is 0.297. The molecule has 0 heterocycles. The molecule has 0 amide bonds. The molecule has 170 valence electrons. The molecule has 1 heteroatoms. The first-order valence-electron chi connectivity index (χ1n) is 12.4. The van der Waals surface area contributed by atoms with Crippen molar-refractivity contribution in [1.29, 1.82) is 0 Å². The van der Waals surface area contributed by atoms with Crippen LogP contribution in [0.1, 0.15) is 11.1 Å². The Bertz CT molecular complexity index is 1750. The van der Waals surface area contributed by atoms with E-state index in [1.807, 2.05) is 12.1 Å². The minimum absolute atomic E-state index is 0.297. The van der Waals surface area contributed by atoms with E-state index in [-0.39, 0.29) is 0 Å². The lowest BCUT2D eigenvalue weighted by molar-refractivity contribution is 0.476. The molecule has 1 aliphatic carbocycles. The highest BCUT2D eigenvalue weighted by atomic mass is 16.3. The summed E-state index contributed by atoms with van der Waals surface area (Å²) < 4.78 is 0. The third kappa shape index (κ3) is 3.40. The average Bonchev–Trinajstić information content (AvgIpc) is 3.31. The standard InChI is InChI=1S/C35H24O/c36-30-15-13-26-19-28(12-11-27(26)21-30)35-32(24-9-5-2-6-10-24)17-18-33-31-16-14-25(20-29(31)22-34(33)35)23-7-3-1-4-8-23/h1-21,36H,22H2. The molecule has 0 bridgehead atoms. The third-order valence-corrected chi connectivity index (χ3v) is 7.38. The molecule has 1 N–H and O–H groups in total. The van der Waals surface area contributed by atoms with Crippen molar-refractivity contribution in [3.63, 3.8) is 0 Å². The minimum Gasteiger partial charge on any atom is -0.508 e. The first-order valence-corrected chi connectivity index (χ1v) is 12.4. The Balaban J connectivity index is 1.43. The molecular weight excluding hydrogens is 436 g/mol. The van der Waals surface area contributed by atoms with Gasteiger partial charge in [0.2, 0.25) is 0 Å². The zero-order valence-electron chi connectivity index (χ0n) is 19.8. The number of fused-ring (bicyclic) bond motifs is 4. The zero-order chi connectivity index (χ0) is 24.1. The zero-order valence-corrected chi connectivity index (χ0v) is 19.8. The molecule has 6 aromatic rings. The molecule has 0 spiro atoms. The van der Waals surface area contributed by atoms with E-state index in [2.05, 4.69) is 109 Å². The van der Waals surface area contributed by atoms with Crippen LogP contribution in [-0.2, 0) is 6.42 Å². The number of benzene rings is 6. The van der Waals surface area contributed by atoms with Crippen LogP contribution in [0, 0.1) is 0 Å². The van der Waals surface area contributed by atoms with Crippen molar-refractivity contribution in [3.8, 4) is 50.3 Å². The normalized spacial score (nSPS) is 11.9. The number of phenols is 1. The van der Waals surface area contributed by atoms with Crippen molar-refractivity contribution in [1.82, 2.24) is 0 Å². The van der Waals surface area contributed by atoms with Crippen LogP contribution in [0.3, 0.4) is 0 Å². The summed E-state index contributed by atoms with van der Waals surface area (Å²) in [5.41, 5.74) is 12.9. The Morgan fingerprint density at radius 1 is 0.444 bits per heavy atom. The van der Waals surface area contributed by atoms with Crippen LogP contribution in [0.2, 0.25) is 0 Å². The Labute approximate surface area is 210 Å². The van der Waals surface area contributed by atoms with Crippen LogP contribution < -0.4 is 0 Å². The van der Waals surface area contributed by atoms with Crippen LogP contribution in [-0.4, -0.2) is 5.11 Å². The van der Waals surface area contributed by atoms with Crippen LogP contribution in [0.4, 0.5) is 0 Å². The van der Waals surface area contributed by atoms with Crippen LogP contribution in [0.5, 0.6) is 5.75 Å². The van der Waals surface area contributed by atoms with Gasteiger partial charge in [-0.3, -0.25) is 0 Å². The van der Waals surface area contributed by atoms with Gasteiger partial charge in [-0.1, -0.05) is 109 Å². The Morgan fingerprint density at radius 3 is 1.89 bits per heavy atom. The fraction of sp³-hybridized carbons (Fsp3) is 0.0286. The topological polar surface area (TPSA) is 20.2 Å².